The standard InChI is InChI=1S/C10H15NO2S/c1-4-11-14(12,13)10-8(2)6-5-7-9(10)3/h5-7,11H,4H2,1-3H3. The summed E-state index contributed by atoms with van der Waals surface area (Å²) in [4.78, 5) is 0.404. The molecule has 0 bridgehead atoms. The summed E-state index contributed by atoms with van der Waals surface area (Å²) >= 11 is 0. The molecular weight excluding hydrogens is 198 g/mol. The lowest BCUT2D eigenvalue weighted by molar-refractivity contribution is 0.582. The van der Waals surface area contributed by atoms with Gasteiger partial charge in [-0.1, -0.05) is 25.1 Å². The average Bonchev–Trinajstić information content (AvgIpc) is 2.02. The Balaban J connectivity index is 3.32. The van der Waals surface area contributed by atoms with Crippen LogP contribution in [0.1, 0.15) is 18.1 Å². The Bertz CT molecular complexity index is 403. The Morgan fingerprint density at radius 1 is 1.21 bits per heavy atom. The molecule has 0 unspecified atom stereocenters. The number of rotatable bonds is 3. The minimum Gasteiger partial charge on any atom is -0.211 e. The smallest absolute Gasteiger partial charge is 0.211 e. The molecule has 1 N–H and O–H groups in total. The van der Waals surface area contributed by atoms with E-state index in [9.17, 15) is 8.42 Å². The van der Waals surface area contributed by atoms with E-state index in [0.29, 0.717) is 11.4 Å². The minimum atomic E-state index is -3.32. The number of nitrogens with one attached hydrogen (secondary N) is 1. The SMILES string of the molecule is CCNS(=O)(=O)c1c(C)cccc1C. The van der Waals surface area contributed by atoms with E-state index >= 15 is 0 Å². The molecule has 3 nitrogen and oxygen atoms in total. The lowest BCUT2D eigenvalue weighted by Crippen LogP contribution is -2.24. The van der Waals surface area contributed by atoms with Gasteiger partial charge in [0.1, 0.15) is 0 Å². The van der Waals surface area contributed by atoms with Gasteiger partial charge in [-0.05, 0) is 25.0 Å². The zero-order valence-corrected chi connectivity index (χ0v) is 9.48. The molecule has 4 heteroatoms. The third-order valence-electron chi connectivity index (χ3n) is 2.01. The van der Waals surface area contributed by atoms with E-state index < -0.39 is 10.0 Å². The van der Waals surface area contributed by atoms with Crippen LogP contribution in [0.4, 0.5) is 0 Å². The van der Waals surface area contributed by atoms with Crippen molar-refractivity contribution in [1.29, 1.82) is 0 Å². The number of hydrogen-bond acceptors (Lipinski definition) is 2. The summed E-state index contributed by atoms with van der Waals surface area (Å²) in [5, 5.41) is 0. The summed E-state index contributed by atoms with van der Waals surface area (Å²) in [6.07, 6.45) is 0. The van der Waals surface area contributed by atoms with Crippen LogP contribution in [0.5, 0.6) is 0 Å². The van der Waals surface area contributed by atoms with Gasteiger partial charge >= 0.3 is 0 Å². The first-order valence-corrected chi connectivity index (χ1v) is 6.03. The van der Waals surface area contributed by atoms with E-state index in [1.807, 2.05) is 6.07 Å². The zero-order valence-electron chi connectivity index (χ0n) is 8.66. The lowest BCUT2D eigenvalue weighted by atomic mass is 10.2. The molecule has 0 atom stereocenters. The average molecular weight is 213 g/mol. The van der Waals surface area contributed by atoms with E-state index in [2.05, 4.69) is 4.72 Å². The van der Waals surface area contributed by atoms with E-state index in [-0.39, 0.29) is 0 Å². The Morgan fingerprint density at radius 3 is 2.14 bits per heavy atom. The highest BCUT2D eigenvalue weighted by molar-refractivity contribution is 7.89. The molecule has 1 aromatic rings. The van der Waals surface area contributed by atoms with Crippen LogP contribution in [0.2, 0.25) is 0 Å². The van der Waals surface area contributed by atoms with Crippen molar-refractivity contribution in [2.24, 2.45) is 0 Å². The maximum Gasteiger partial charge on any atom is 0.241 e. The number of hydrogen-bond donors (Lipinski definition) is 1. The van der Waals surface area contributed by atoms with Crippen molar-refractivity contribution in [2.45, 2.75) is 25.7 Å². The van der Waals surface area contributed by atoms with Gasteiger partial charge in [-0.2, -0.15) is 0 Å². The molecule has 0 aromatic heterocycles. The van der Waals surface area contributed by atoms with Crippen molar-refractivity contribution in [3.05, 3.63) is 29.3 Å². The number of aryl methyl sites for hydroxylation is 2. The fourth-order valence-electron chi connectivity index (χ4n) is 1.49. The van der Waals surface area contributed by atoms with Gasteiger partial charge in [0.2, 0.25) is 10.0 Å². The van der Waals surface area contributed by atoms with Crippen molar-refractivity contribution in [3.63, 3.8) is 0 Å². The van der Waals surface area contributed by atoms with Gasteiger partial charge in [-0.3, -0.25) is 0 Å². The molecule has 0 spiro atoms. The monoisotopic (exact) mass is 213 g/mol. The molecule has 1 aromatic carbocycles. The van der Waals surface area contributed by atoms with E-state index in [0.717, 1.165) is 11.1 Å². The Labute approximate surface area is 85.2 Å². The largest absolute Gasteiger partial charge is 0.241 e. The van der Waals surface area contributed by atoms with Crippen molar-refractivity contribution < 1.29 is 8.42 Å². The highest BCUT2D eigenvalue weighted by atomic mass is 32.2. The van der Waals surface area contributed by atoms with Gasteiger partial charge in [0.05, 0.1) is 4.90 Å². The van der Waals surface area contributed by atoms with E-state index in [1.54, 1.807) is 32.9 Å². The van der Waals surface area contributed by atoms with Crippen LogP contribution in [-0.2, 0) is 10.0 Å². The lowest BCUT2D eigenvalue weighted by Gasteiger charge is -2.10. The summed E-state index contributed by atoms with van der Waals surface area (Å²) in [6.45, 7) is 5.79. The topological polar surface area (TPSA) is 46.2 Å². The predicted octanol–water partition coefficient (Wildman–Crippen LogP) is 1.60. The predicted molar refractivity (Wildman–Crippen MR) is 56.8 cm³/mol. The molecule has 78 valence electrons. The van der Waals surface area contributed by atoms with Crippen molar-refractivity contribution in [2.75, 3.05) is 6.54 Å². The minimum absolute atomic E-state index is 0.404. The van der Waals surface area contributed by atoms with Crippen LogP contribution in [0.15, 0.2) is 23.1 Å². The van der Waals surface area contributed by atoms with Gasteiger partial charge in [-0.15, -0.1) is 0 Å². The number of benzene rings is 1. The molecule has 0 amide bonds. The maximum absolute atomic E-state index is 11.8. The van der Waals surface area contributed by atoms with Crippen molar-refractivity contribution in [3.8, 4) is 0 Å². The molecule has 1 rings (SSSR count). The van der Waals surface area contributed by atoms with Gasteiger partial charge < -0.3 is 0 Å². The highest BCUT2D eigenvalue weighted by Gasteiger charge is 2.17. The molecule has 0 aliphatic heterocycles. The Morgan fingerprint density at radius 2 is 1.71 bits per heavy atom. The van der Waals surface area contributed by atoms with Gasteiger partial charge in [0.25, 0.3) is 0 Å². The van der Waals surface area contributed by atoms with E-state index in [4.69, 9.17) is 0 Å². The molecule has 0 heterocycles. The first-order chi connectivity index (χ1) is 6.49. The molecule has 0 saturated heterocycles. The van der Waals surface area contributed by atoms with Crippen LogP contribution in [0, 0.1) is 13.8 Å². The van der Waals surface area contributed by atoms with Crippen LogP contribution < -0.4 is 4.72 Å². The van der Waals surface area contributed by atoms with Crippen LogP contribution >= 0.6 is 0 Å². The molecule has 0 aliphatic carbocycles. The third-order valence-corrected chi connectivity index (χ3v) is 3.86. The fourth-order valence-corrected chi connectivity index (χ4v) is 2.99. The Kier molecular flexibility index (Phi) is 3.29. The van der Waals surface area contributed by atoms with Crippen LogP contribution in [0.3, 0.4) is 0 Å². The molecule has 14 heavy (non-hydrogen) atoms. The van der Waals surface area contributed by atoms with Crippen molar-refractivity contribution >= 4 is 10.0 Å². The third kappa shape index (κ3) is 2.13. The Hall–Kier alpha value is -0.870. The maximum atomic E-state index is 11.8. The summed E-state index contributed by atoms with van der Waals surface area (Å²) in [5.41, 5.74) is 1.57. The summed E-state index contributed by atoms with van der Waals surface area (Å²) < 4.78 is 26.0. The second-order valence-corrected chi connectivity index (χ2v) is 4.93. The summed E-state index contributed by atoms with van der Waals surface area (Å²) in [6, 6.07) is 5.46. The molecule has 0 fully saturated rings. The normalized spacial score (nSPS) is 11.6. The van der Waals surface area contributed by atoms with Gasteiger partial charge in [-0.25, -0.2) is 13.1 Å². The first kappa shape index (κ1) is 11.2. The highest BCUT2D eigenvalue weighted by Crippen LogP contribution is 2.18. The number of sulfonamides is 1. The van der Waals surface area contributed by atoms with Crippen LogP contribution in [0.25, 0.3) is 0 Å². The summed E-state index contributed by atoms with van der Waals surface area (Å²) in [7, 11) is -3.32. The van der Waals surface area contributed by atoms with Crippen LogP contribution in [-0.4, -0.2) is 15.0 Å². The zero-order chi connectivity index (χ0) is 10.8. The molecule has 0 aliphatic rings. The second kappa shape index (κ2) is 4.11. The fraction of sp³-hybridized carbons (Fsp3) is 0.400. The summed E-state index contributed by atoms with van der Waals surface area (Å²) in [5.74, 6) is 0. The van der Waals surface area contributed by atoms with E-state index in [1.165, 1.54) is 0 Å². The molecule has 0 radical (unpaired) electrons. The first-order valence-electron chi connectivity index (χ1n) is 4.55. The molecule has 0 saturated carbocycles. The quantitative estimate of drug-likeness (QED) is 0.829. The van der Waals surface area contributed by atoms with Crippen molar-refractivity contribution in [1.82, 2.24) is 4.72 Å². The molecular formula is C10H15NO2S. The second-order valence-electron chi connectivity index (χ2n) is 3.22. The van der Waals surface area contributed by atoms with Gasteiger partial charge in [0.15, 0.2) is 0 Å². The van der Waals surface area contributed by atoms with Gasteiger partial charge in [0, 0.05) is 6.54 Å².